The predicted octanol–water partition coefficient (Wildman–Crippen LogP) is 2.25. The van der Waals surface area contributed by atoms with Gasteiger partial charge in [0, 0.05) is 18.7 Å². The van der Waals surface area contributed by atoms with Crippen LogP contribution in [0.25, 0.3) is 6.08 Å². The van der Waals surface area contributed by atoms with Crippen LogP contribution < -0.4 is 0 Å². The number of carbonyl (C=O) groups is 1. The van der Waals surface area contributed by atoms with Gasteiger partial charge < -0.3 is 10.0 Å². The molecule has 0 heterocycles. The summed E-state index contributed by atoms with van der Waals surface area (Å²) in [6.07, 6.45) is 6.59. The zero-order valence-electron chi connectivity index (χ0n) is 11.4. The van der Waals surface area contributed by atoms with Gasteiger partial charge in [-0.25, -0.2) is 0 Å². The number of hydrogen-bond acceptors (Lipinski definition) is 2. The van der Waals surface area contributed by atoms with Crippen LogP contribution in [0.15, 0.2) is 30.3 Å². The van der Waals surface area contributed by atoms with Crippen molar-refractivity contribution in [3.05, 3.63) is 41.5 Å². The van der Waals surface area contributed by atoms with Gasteiger partial charge >= 0.3 is 0 Å². The highest BCUT2D eigenvalue weighted by Gasteiger charge is 2.30. The third-order valence-corrected chi connectivity index (χ3v) is 3.42. The lowest BCUT2D eigenvalue weighted by atomic mass is 10.1. The molecule has 3 heteroatoms. The lowest BCUT2D eigenvalue weighted by Crippen LogP contribution is -2.34. The molecule has 1 N–H and O–H groups in total. The van der Waals surface area contributed by atoms with Crippen molar-refractivity contribution in [2.45, 2.75) is 32.2 Å². The number of carbonyl (C=O) groups excluding carboxylic acids is 1. The average molecular weight is 259 g/mol. The predicted molar refractivity (Wildman–Crippen MR) is 76.7 cm³/mol. The van der Waals surface area contributed by atoms with Gasteiger partial charge in [0.25, 0.3) is 0 Å². The molecule has 3 nitrogen and oxygen atoms in total. The first-order chi connectivity index (χ1) is 9.24. The molecule has 1 fully saturated rings. The van der Waals surface area contributed by atoms with E-state index < -0.39 is 0 Å². The van der Waals surface area contributed by atoms with Crippen molar-refractivity contribution in [1.82, 2.24) is 4.90 Å². The number of aryl methyl sites for hydroxylation is 1. The molecule has 102 valence electrons. The van der Waals surface area contributed by atoms with Gasteiger partial charge in [-0.1, -0.05) is 31.2 Å². The van der Waals surface area contributed by atoms with E-state index >= 15 is 0 Å². The summed E-state index contributed by atoms with van der Waals surface area (Å²) in [5.41, 5.74) is 2.33. The van der Waals surface area contributed by atoms with E-state index in [2.05, 4.69) is 19.1 Å². The van der Waals surface area contributed by atoms with Crippen LogP contribution in [0.1, 0.15) is 30.9 Å². The van der Waals surface area contributed by atoms with Crippen molar-refractivity contribution in [1.29, 1.82) is 0 Å². The van der Waals surface area contributed by atoms with E-state index in [1.165, 1.54) is 5.56 Å². The van der Waals surface area contributed by atoms with Gasteiger partial charge in [0.15, 0.2) is 0 Å². The number of aliphatic hydroxyl groups is 1. The molecule has 0 aromatic heterocycles. The highest BCUT2D eigenvalue weighted by atomic mass is 16.3. The van der Waals surface area contributed by atoms with Crippen molar-refractivity contribution >= 4 is 12.0 Å². The summed E-state index contributed by atoms with van der Waals surface area (Å²) in [4.78, 5) is 13.8. The minimum Gasteiger partial charge on any atom is -0.395 e. The van der Waals surface area contributed by atoms with E-state index in [9.17, 15) is 4.79 Å². The molecule has 0 unspecified atom stereocenters. The summed E-state index contributed by atoms with van der Waals surface area (Å²) in [6.45, 7) is 2.58. The Morgan fingerprint density at radius 3 is 2.58 bits per heavy atom. The number of amides is 1. The molecule has 1 aromatic rings. The van der Waals surface area contributed by atoms with E-state index in [-0.39, 0.29) is 12.5 Å². The van der Waals surface area contributed by atoms with Crippen LogP contribution in [0.2, 0.25) is 0 Å². The van der Waals surface area contributed by atoms with E-state index in [1.807, 2.05) is 18.2 Å². The van der Waals surface area contributed by atoms with Crippen LogP contribution in [0.5, 0.6) is 0 Å². The zero-order valence-corrected chi connectivity index (χ0v) is 11.4. The second-order valence-corrected chi connectivity index (χ2v) is 4.91. The average Bonchev–Trinajstić information content (AvgIpc) is 3.27. The molecule has 1 amide bonds. The Labute approximate surface area is 114 Å². The van der Waals surface area contributed by atoms with E-state index in [0.717, 1.165) is 24.8 Å². The van der Waals surface area contributed by atoms with Crippen molar-refractivity contribution < 1.29 is 9.90 Å². The summed E-state index contributed by atoms with van der Waals surface area (Å²) in [5, 5.41) is 8.99. The van der Waals surface area contributed by atoms with Gasteiger partial charge in [0.2, 0.25) is 5.91 Å². The minimum absolute atomic E-state index is 0.00359. The molecule has 0 bridgehead atoms. The van der Waals surface area contributed by atoms with Gasteiger partial charge in [-0.2, -0.15) is 0 Å². The molecule has 0 saturated heterocycles. The van der Waals surface area contributed by atoms with Gasteiger partial charge in [-0.3, -0.25) is 4.79 Å². The minimum atomic E-state index is -0.00359. The smallest absolute Gasteiger partial charge is 0.246 e. The topological polar surface area (TPSA) is 40.5 Å². The Morgan fingerprint density at radius 2 is 2.05 bits per heavy atom. The van der Waals surface area contributed by atoms with Crippen LogP contribution in [0, 0.1) is 0 Å². The summed E-state index contributed by atoms with van der Waals surface area (Å²) in [5.74, 6) is -0.00359. The van der Waals surface area contributed by atoms with Crippen LogP contribution >= 0.6 is 0 Å². The SMILES string of the molecule is CCc1ccc(/C=C/C(=O)N(CCO)C2CC2)cc1. The molecule has 0 aliphatic heterocycles. The first-order valence-electron chi connectivity index (χ1n) is 6.93. The Bertz CT molecular complexity index is 446. The molecule has 1 aliphatic carbocycles. The van der Waals surface area contributed by atoms with Crippen molar-refractivity contribution in [2.75, 3.05) is 13.2 Å². The Hall–Kier alpha value is -1.61. The molecule has 0 spiro atoms. The summed E-state index contributed by atoms with van der Waals surface area (Å²) in [6, 6.07) is 8.55. The first kappa shape index (κ1) is 13.8. The van der Waals surface area contributed by atoms with Gasteiger partial charge in [0.05, 0.1) is 6.61 Å². The lowest BCUT2D eigenvalue weighted by Gasteiger charge is -2.19. The summed E-state index contributed by atoms with van der Waals surface area (Å²) < 4.78 is 0. The fourth-order valence-corrected chi connectivity index (χ4v) is 2.09. The highest BCUT2D eigenvalue weighted by molar-refractivity contribution is 5.92. The fourth-order valence-electron chi connectivity index (χ4n) is 2.09. The summed E-state index contributed by atoms with van der Waals surface area (Å²) in [7, 11) is 0. The van der Waals surface area contributed by atoms with Crippen LogP contribution in [0.4, 0.5) is 0 Å². The first-order valence-corrected chi connectivity index (χ1v) is 6.93. The third-order valence-electron chi connectivity index (χ3n) is 3.42. The quantitative estimate of drug-likeness (QED) is 0.796. The van der Waals surface area contributed by atoms with Gasteiger partial charge in [-0.15, -0.1) is 0 Å². The number of hydrogen-bond donors (Lipinski definition) is 1. The zero-order chi connectivity index (χ0) is 13.7. The molecular weight excluding hydrogens is 238 g/mol. The lowest BCUT2D eigenvalue weighted by molar-refractivity contribution is -0.127. The van der Waals surface area contributed by atoms with Gasteiger partial charge in [0.1, 0.15) is 0 Å². The van der Waals surface area contributed by atoms with Crippen molar-refractivity contribution in [3.63, 3.8) is 0 Å². The molecule has 1 saturated carbocycles. The maximum Gasteiger partial charge on any atom is 0.246 e. The van der Waals surface area contributed by atoms with Crippen LogP contribution in [-0.2, 0) is 11.2 Å². The molecule has 0 atom stereocenters. The van der Waals surface area contributed by atoms with E-state index in [0.29, 0.717) is 12.6 Å². The summed E-state index contributed by atoms with van der Waals surface area (Å²) >= 11 is 0. The fraction of sp³-hybridized carbons (Fsp3) is 0.438. The van der Waals surface area contributed by atoms with Crippen molar-refractivity contribution in [2.24, 2.45) is 0 Å². The second kappa shape index (κ2) is 6.53. The molecule has 2 rings (SSSR count). The maximum atomic E-state index is 12.0. The highest BCUT2D eigenvalue weighted by Crippen LogP contribution is 2.26. The molecule has 19 heavy (non-hydrogen) atoms. The number of nitrogens with zero attached hydrogens (tertiary/aromatic N) is 1. The second-order valence-electron chi connectivity index (χ2n) is 4.91. The standard InChI is InChI=1S/C16H21NO2/c1-2-13-3-5-14(6-4-13)7-10-16(19)17(11-12-18)15-8-9-15/h3-7,10,15,18H,2,8-9,11-12H2,1H3/b10-7+. The Morgan fingerprint density at radius 1 is 1.37 bits per heavy atom. The Kier molecular flexibility index (Phi) is 4.74. The monoisotopic (exact) mass is 259 g/mol. The largest absolute Gasteiger partial charge is 0.395 e. The number of benzene rings is 1. The molecule has 0 radical (unpaired) electrons. The Balaban J connectivity index is 1.97. The van der Waals surface area contributed by atoms with Crippen LogP contribution in [-0.4, -0.2) is 35.1 Å². The van der Waals surface area contributed by atoms with Crippen molar-refractivity contribution in [3.8, 4) is 0 Å². The maximum absolute atomic E-state index is 12.0. The van der Waals surface area contributed by atoms with E-state index in [1.54, 1.807) is 11.0 Å². The molecule has 1 aliphatic rings. The molecular formula is C16H21NO2. The van der Waals surface area contributed by atoms with Gasteiger partial charge in [-0.05, 0) is 36.5 Å². The molecule has 1 aromatic carbocycles. The normalized spacial score (nSPS) is 14.8. The number of rotatable bonds is 6. The number of aliphatic hydroxyl groups excluding tert-OH is 1. The van der Waals surface area contributed by atoms with Crippen LogP contribution in [0.3, 0.4) is 0 Å². The van der Waals surface area contributed by atoms with E-state index in [4.69, 9.17) is 5.11 Å². The third kappa shape index (κ3) is 3.93.